The Morgan fingerprint density at radius 2 is 1.94 bits per heavy atom. The Labute approximate surface area is 199 Å². The van der Waals surface area contributed by atoms with Crippen LogP contribution in [0.4, 0.5) is 5.69 Å². The topological polar surface area (TPSA) is 87.1 Å². The summed E-state index contributed by atoms with van der Waals surface area (Å²) in [5.74, 6) is -0.785. The third-order valence-corrected chi connectivity index (χ3v) is 6.55. The van der Waals surface area contributed by atoms with Gasteiger partial charge in [0.25, 0.3) is 0 Å². The first-order valence-corrected chi connectivity index (χ1v) is 11.9. The van der Waals surface area contributed by atoms with Gasteiger partial charge >= 0.3 is 5.97 Å². The zero-order chi connectivity index (χ0) is 24.2. The van der Waals surface area contributed by atoms with E-state index in [1.165, 1.54) is 0 Å². The van der Waals surface area contributed by atoms with Crippen LogP contribution in [0.15, 0.2) is 30.3 Å². The minimum Gasteiger partial charge on any atom is -0.494 e. The number of nitrogens with zero attached hydrogens (tertiary/aromatic N) is 2. The van der Waals surface area contributed by atoms with E-state index < -0.39 is 11.9 Å². The van der Waals surface area contributed by atoms with Crippen LogP contribution in [-0.4, -0.2) is 54.7 Å². The molecule has 0 spiro atoms. The largest absolute Gasteiger partial charge is 0.494 e. The molecular formula is C26H32N2O6. The number of hydrogen-bond donors (Lipinski definition) is 0. The number of benzene rings is 1. The fraction of sp³-hybridized carbons (Fsp3) is 0.500. The van der Waals surface area contributed by atoms with Crippen molar-refractivity contribution in [3.63, 3.8) is 0 Å². The van der Waals surface area contributed by atoms with Gasteiger partial charge in [-0.1, -0.05) is 0 Å². The van der Waals surface area contributed by atoms with Crippen molar-refractivity contribution < 1.29 is 28.6 Å². The normalized spacial score (nSPS) is 20.1. The second-order valence-electron chi connectivity index (χ2n) is 8.89. The van der Waals surface area contributed by atoms with Gasteiger partial charge in [-0.25, -0.2) is 0 Å². The first-order chi connectivity index (χ1) is 16.4. The number of carbonyl (C=O) groups excluding carboxylic acids is 3. The molecule has 2 unspecified atom stereocenters. The van der Waals surface area contributed by atoms with E-state index in [4.69, 9.17) is 14.2 Å². The third-order valence-electron chi connectivity index (χ3n) is 6.55. The molecule has 2 saturated heterocycles. The molecule has 2 atom stereocenters. The van der Waals surface area contributed by atoms with Crippen molar-refractivity contribution >= 4 is 23.3 Å². The van der Waals surface area contributed by atoms with E-state index in [0.29, 0.717) is 17.9 Å². The Kier molecular flexibility index (Phi) is 7.36. The zero-order valence-corrected chi connectivity index (χ0v) is 20.0. The average molecular weight is 469 g/mol. The highest BCUT2D eigenvalue weighted by atomic mass is 16.5. The molecule has 2 aliphatic heterocycles. The maximum Gasteiger partial charge on any atom is 0.311 e. The lowest BCUT2D eigenvalue weighted by Crippen LogP contribution is -2.27. The van der Waals surface area contributed by atoms with Gasteiger partial charge in [0.05, 0.1) is 18.6 Å². The first kappa shape index (κ1) is 24.0. The summed E-state index contributed by atoms with van der Waals surface area (Å²) in [6.45, 7) is 7.73. The lowest BCUT2D eigenvalue weighted by atomic mass is 10.1. The van der Waals surface area contributed by atoms with Crippen LogP contribution in [0.25, 0.3) is 0 Å². The van der Waals surface area contributed by atoms with E-state index in [2.05, 4.69) is 4.57 Å². The number of Topliss-reactive ketones (excluding diaryl/α,β-unsaturated/α-hetero) is 1. The van der Waals surface area contributed by atoms with E-state index in [-0.39, 0.29) is 37.4 Å². The molecule has 1 aromatic carbocycles. The summed E-state index contributed by atoms with van der Waals surface area (Å²) in [5, 5.41) is 0. The summed E-state index contributed by atoms with van der Waals surface area (Å²) in [5.41, 5.74) is 3.10. The molecule has 2 fully saturated rings. The van der Waals surface area contributed by atoms with E-state index >= 15 is 0 Å². The van der Waals surface area contributed by atoms with Crippen LogP contribution in [0.3, 0.4) is 0 Å². The van der Waals surface area contributed by atoms with E-state index in [9.17, 15) is 14.4 Å². The Bertz CT molecular complexity index is 1050. The standard InChI is InChI=1S/C26H32N2O6/c1-4-32-21-9-7-20(8-10-21)28-14-19(13-25(28)30)26(31)34-16-24(29)23-12-17(2)27(18(23)3)15-22-6-5-11-33-22/h7-10,12,19,22H,4-6,11,13-16H2,1-3H3. The Morgan fingerprint density at radius 1 is 1.18 bits per heavy atom. The maximum atomic E-state index is 12.8. The third kappa shape index (κ3) is 5.17. The molecule has 4 rings (SSSR count). The Hall–Kier alpha value is -3.13. The molecule has 0 aliphatic carbocycles. The van der Waals surface area contributed by atoms with Crippen molar-refractivity contribution in [3.05, 3.63) is 47.3 Å². The number of ether oxygens (including phenoxy) is 3. The van der Waals surface area contributed by atoms with Crippen molar-refractivity contribution in [3.8, 4) is 5.75 Å². The molecule has 182 valence electrons. The van der Waals surface area contributed by atoms with Crippen molar-refractivity contribution in [2.24, 2.45) is 5.92 Å². The van der Waals surface area contributed by atoms with Crippen LogP contribution in [0.1, 0.15) is 47.9 Å². The van der Waals surface area contributed by atoms with Crippen LogP contribution in [0, 0.1) is 19.8 Å². The summed E-state index contributed by atoms with van der Waals surface area (Å²) in [6.07, 6.45) is 2.32. The molecular weight excluding hydrogens is 436 g/mol. The molecule has 1 aromatic heterocycles. The number of esters is 1. The van der Waals surface area contributed by atoms with E-state index in [1.807, 2.05) is 26.8 Å². The summed E-state index contributed by atoms with van der Waals surface area (Å²) < 4.78 is 18.6. The second-order valence-corrected chi connectivity index (χ2v) is 8.89. The van der Waals surface area contributed by atoms with Crippen LogP contribution in [0.5, 0.6) is 5.75 Å². The fourth-order valence-corrected chi connectivity index (χ4v) is 4.69. The van der Waals surface area contributed by atoms with Crippen LogP contribution in [-0.2, 0) is 25.6 Å². The molecule has 0 radical (unpaired) electrons. The van der Waals surface area contributed by atoms with Gasteiger partial charge in [-0.05, 0) is 63.9 Å². The smallest absolute Gasteiger partial charge is 0.311 e. The van der Waals surface area contributed by atoms with Crippen molar-refractivity contribution in [2.75, 3.05) is 31.3 Å². The minimum atomic E-state index is -0.598. The number of amides is 1. The van der Waals surface area contributed by atoms with Crippen LogP contribution in [0.2, 0.25) is 0 Å². The van der Waals surface area contributed by atoms with Gasteiger partial charge in [0.15, 0.2) is 6.61 Å². The lowest BCUT2D eigenvalue weighted by Gasteiger charge is -2.17. The van der Waals surface area contributed by atoms with E-state index in [0.717, 1.165) is 43.1 Å². The van der Waals surface area contributed by atoms with Gasteiger partial charge in [-0.15, -0.1) is 0 Å². The van der Waals surface area contributed by atoms with Crippen molar-refractivity contribution in [1.82, 2.24) is 4.57 Å². The zero-order valence-electron chi connectivity index (χ0n) is 20.0. The van der Waals surface area contributed by atoms with Gasteiger partial charge < -0.3 is 23.7 Å². The molecule has 2 aliphatic rings. The number of rotatable bonds is 9. The van der Waals surface area contributed by atoms with E-state index in [1.54, 1.807) is 29.2 Å². The quantitative estimate of drug-likeness (QED) is 0.414. The van der Waals surface area contributed by atoms with Crippen LogP contribution >= 0.6 is 0 Å². The molecule has 3 heterocycles. The highest BCUT2D eigenvalue weighted by Crippen LogP contribution is 2.28. The van der Waals surface area contributed by atoms with Gasteiger partial charge in [0, 0.05) is 48.8 Å². The van der Waals surface area contributed by atoms with Crippen molar-refractivity contribution in [1.29, 1.82) is 0 Å². The van der Waals surface area contributed by atoms with Gasteiger partial charge in [0.2, 0.25) is 11.7 Å². The number of aromatic nitrogens is 1. The molecule has 2 aromatic rings. The number of carbonyl (C=O) groups is 3. The average Bonchev–Trinajstić information content (AvgIpc) is 3.55. The molecule has 0 N–H and O–H groups in total. The highest BCUT2D eigenvalue weighted by Gasteiger charge is 2.36. The fourth-order valence-electron chi connectivity index (χ4n) is 4.69. The number of aryl methyl sites for hydroxylation is 1. The molecule has 1 amide bonds. The van der Waals surface area contributed by atoms with Gasteiger partial charge in [-0.3, -0.25) is 14.4 Å². The summed E-state index contributed by atoms with van der Waals surface area (Å²) in [7, 11) is 0. The Morgan fingerprint density at radius 3 is 2.62 bits per heavy atom. The maximum absolute atomic E-state index is 12.8. The highest BCUT2D eigenvalue weighted by molar-refractivity contribution is 6.01. The molecule has 0 saturated carbocycles. The molecule has 0 bridgehead atoms. The predicted molar refractivity (Wildman–Crippen MR) is 126 cm³/mol. The molecule has 8 nitrogen and oxygen atoms in total. The number of hydrogen-bond acceptors (Lipinski definition) is 6. The lowest BCUT2D eigenvalue weighted by molar-refractivity contribution is -0.147. The van der Waals surface area contributed by atoms with Crippen molar-refractivity contribution in [2.45, 2.75) is 52.7 Å². The predicted octanol–water partition coefficient (Wildman–Crippen LogP) is 3.46. The second kappa shape index (κ2) is 10.4. The monoisotopic (exact) mass is 468 g/mol. The van der Waals surface area contributed by atoms with Crippen LogP contribution < -0.4 is 9.64 Å². The number of ketones is 1. The minimum absolute atomic E-state index is 0.0656. The summed E-state index contributed by atoms with van der Waals surface area (Å²) in [4.78, 5) is 39.5. The molecule has 34 heavy (non-hydrogen) atoms. The van der Waals surface area contributed by atoms with Gasteiger partial charge in [0.1, 0.15) is 5.75 Å². The Balaban J connectivity index is 1.33. The molecule has 8 heteroatoms. The first-order valence-electron chi connectivity index (χ1n) is 11.9. The SMILES string of the molecule is CCOc1ccc(N2CC(C(=O)OCC(=O)c3cc(C)n(CC4CCCO4)c3C)CC2=O)cc1. The summed E-state index contributed by atoms with van der Waals surface area (Å²) in [6, 6.07) is 9.03. The summed E-state index contributed by atoms with van der Waals surface area (Å²) >= 11 is 0. The number of anilines is 1. The van der Waals surface area contributed by atoms with Gasteiger partial charge in [-0.2, -0.15) is 0 Å².